The molecule has 2 fully saturated rings. The zero-order valence-electron chi connectivity index (χ0n) is 20.2. The number of methoxy groups -OCH3 is 2. The van der Waals surface area contributed by atoms with Gasteiger partial charge in [-0.15, -0.1) is 0 Å². The molecule has 35 heavy (non-hydrogen) atoms. The Labute approximate surface area is 205 Å². The average Bonchev–Trinajstić information content (AvgIpc) is 3.30. The first-order chi connectivity index (χ1) is 17.0. The lowest BCUT2D eigenvalue weighted by Gasteiger charge is -2.34. The van der Waals surface area contributed by atoms with E-state index in [2.05, 4.69) is 10.2 Å². The fraction of sp³-hybridized carbons (Fsp3) is 0.423. The van der Waals surface area contributed by atoms with Crippen LogP contribution in [-0.2, 0) is 9.59 Å². The number of nitrogens with zero attached hydrogens (tertiary/aromatic N) is 3. The molecule has 4 rings (SSSR count). The van der Waals surface area contributed by atoms with Gasteiger partial charge in [-0.25, -0.2) is 0 Å². The van der Waals surface area contributed by atoms with Gasteiger partial charge in [0.15, 0.2) is 0 Å². The Balaban J connectivity index is 1.21. The van der Waals surface area contributed by atoms with Crippen molar-refractivity contribution < 1.29 is 23.9 Å². The third-order valence-corrected chi connectivity index (χ3v) is 6.55. The third-order valence-electron chi connectivity index (χ3n) is 6.55. The van der Waals surface area contributed by atoms with Crippen LogP contribution in [0.25, 0.3) is 0 Å². The molecule has 2 aromatic rings. The number of carbonyl (C=O) groups is 3. The predicted octanol–water partition coefficient (Wildman–Crippen LogP) is 1.63. The highest BCUT2D eigenvalue weighted by Crippen LogP contribution is 2.25. The van der Waals surface area contributed by atoms with E-state index in [1.807, 2.05) is 35.2 Å². The number of anilines is 1. The molecule has 0 radical (unpaired) electrons. The highest BCUT2D eigenvalue weighted by atomic mass is 16.5. The van der Waals surface area contributed by atoms with Gasteiger partial charge in [-0.3, -0.25) is 19.3 Å². The van der Waals surface area contributed by atoms with Gasteiger partial charge < -0.3 is 24.6 Å². The molecule has 0 aromatic heterocycles. The van der Waals surface area contributed by atoms with Crippen LogP contribution < -0.4 is 19.7 Å². The molecule has 2 aliphatic rings. The SMILES string of the molecule is COc1cc(OC)cc(C(=O)N2CCN(CCNC(=O)C3CC(=O)N(c4ccccc4)C3)CC2)c1. The number of ether oxygens (including phenoxy) is 2. The zero-order valence-corrected chi connectivity index (χ0v) is 20.2. The van der Waals surface area contributed by atoms with Crippen molar-refractivity contribution in [2.75, 3.05) is 64.9 Å². The van der Waals surface area contributed by atoms with Gasteiger partial charge in [0, 0.05) is 69.6 Å². The van der Waals surface area contributed by atoms with E-state index in [4.69, 9.17) is 9.47 Å². The minimum atomic E-state index is -0.336. The van der Waals surface area contributed by atoms with Gasteiger partial charge in [0.25, 0.3) is 5.91 Å². The lowest BCUT2D eigenvalue weighted by Crippen LogP contribution is -2.50. The molecule has 2 aromatic carbocycles. The van der Waals surface area contributed by atoms with Crippen LogP contribution in [0.3, 0.4) is 0 Å². The van der Waals surface area contributed by atoms with Crippen LogP contribution in [0.2, 0.25) is 0 Å². The van der Waals surface area contributed by atoms with Gasteiger partial charge in [0.1, 0.15) is 11.5 Å². The molecule has 2 aliphatic heterocycles. The zero-order chi connectivity index (χ0) is 24.8. The number of piperazine rings is 1. The molecule has 0 spiro atoms. The van der Waals surface area contributed by atoms with Crippen LogP contribution in [0.15, 0.2) is 48.5 Å². The highest BCUT2D eigenvalue weighted by Gasteiger charge is 2.35. The van der Waals surface area contributed by atoms with Crippen molar-refractivity contribution in [3.05, 3.63) is 54.1 Å². The van der Waals surface area contributed by atoms with Crippen molar-refractivity contribution in [1.82, 2.24) is 15.1 Å². The molecule has 0 saturated carbocycles. The molecule has 9 heteroatoms. The molecule has 1 N–H and O–H groups in total. The van der Waals surface area contributed by atoms with E-state index < -0.39 is 0 Å². The average molecular weight is 481 g/mol. The number of carbonyl (C=O) groups excluding carboxylic acids is 3. The highest BCUT2D eigenvalue weighted by molar-refractivity contribution is 6.00. The lowest BCUT2D eigenvalue weighted by atomic mass is 10.1. The molecular weight excluding hydrogens is 448 g/mol. The Morgan fingerprint density at radius 2 is 1.63 bits per heavy atom. The third kappa shape index (κ3) is 5.92. The smallest absolute Gasteiger partial charge is 0.254 e. The number of amides is 3. The second kappa shape index (κ2) is 11.2. The van der Waals surface area contributed by atoms with E-state index in [0.717, 1.165) is 18.8 Å². The summed E-state index contributed by atoms with van der Waals surface area (Å²) in [5, 5.41) is 2.98. The summed E-state index contributed by atoms with van der Waals surface area (Å²) in [5.74, 6) is 0.667. The number of benzene rings is 2. The molecule has 1 atom stereocenters. The number of nitrogens with one attached hydrogen (secondary N) is 1. The quantitative estimate of drug-likeness (QED) is 0.618. The molecule has 3 amide bonds. The first-order valence-corrected chi connectivity index (χ1v) is 11.9. The van der Waals surface area contributed by atoms with Crippen molar-refractivity contribution in [2.45, 2.75) is 6.42 Å². The predicted molar refractivity (Wildman–Crippen MR) is 132 cm³/mol. The lowest BCUT2D eigenvalue weighted by molar-refractivity contribution is -0.126. The van der Waals surface area contributed by atoms with Gasteiger partial charge in [-0.2, -0.15) is 0 Å². The summed E-state index contributed by atoms with van der Waals surface area (Å²) in [6.45, 7) is 4.29. The molecule has 1 unspecified atom stereocenters. The van der Waals surface area contributed by atoms with Gasteiger partial charge >= 0.3 is 0 Å². The van der Waals surface area contributed by atoms with E-state index in [1.54, 1.807) is 37.3 Å². The number of para-hydroxylation sites is 1. The van der Waals surface area contributed by atoms with Gasteiger partial charge in [0.2, 0.25) is 11.8 Å². The molecule has 2 saturated heterocycles. The Bertz CT molecular complexity index is 1030. The van der Waals surface area contributed by atoms with E-state index in [1.165, 1.54) is 0 Å². The topological polar surface area (TPSA) is 91.4 Å². The normalized spacial score (nSPS) is 18.5. The summed E-state index contributed by atoms with van der Waals surface area (Å²) >= 11 is 0. The molecule has 9 nitrogen and oxygen atoms in total. The van der Waals surface area contributed by atoms with Crippen LogP contribution in [0.5, 0.6) is 11.5 Å². The summed E-state index contributed by atoms with van der Waals surface area (Å²) < 4.78 is 10.5. The Morgan fingerprint density at radius 3 is 2.26 bits per heavy atom. The number of hydrogen-bond donors (Lipinski definition) is 1. The monoisotopic (exact) mass is 480 g/mol. The van der Waals surface area contributed by atoms with Crippen LogP contribution in [0, 0.1) is 5.92 Å². The first kappa shape index (κ1) is 24.5. The van der Waals surface area contributed by atoms with E-state index in [0.29, 0.717) is 49.8 Å². The van der Waals surface area contributed by atoms with Crippen LogP contribution >= 0.6 is 0 Å². The van der Waals surface area contributed by atoms with Gasteiger partial charge in [-0.1, -0.05) is 18.2 Å². The maximum atomic E-state index is 13.0. The van der Waals surface area contributed by atoms with E-state index >= 15 is 0 Å². The summed E-state index contributed by atoms with van der Waals surface area (Å²) in [4.78, 5) is 43.7. The number of hydrogen-bond acceptors (Lipinski definition) is 6. The second-order valence-electron chi connectivity index (χ2n) is 8.77. The molecule has 2 heterocycles. The van der Waals surface area contributed by atoms with Crippen LogP contribution in [0.1, 0.15) is 16.8 Å². The van der Waals surface area contributed by atoms with Crippen molar-refractivity contribution in [3.8, 4) is 11.5 Å². The summed E-state index contributed by atoms with van der Waals surface area (Å²) in [6, 6.07) is 14.6. The summed E-state index contributed by atoms with van der Waals surface area (Å²) in [7, 11) is 3.12. The Morgan fingerprint density at radius 1 is 0.971 bits per heavy atom. The summed E-state index contributed by atoms with van der Waals surface area (Å²) in [6.07, 6.45) is 0.233. The molecule has 0 bridgehead atoms. The molecule has 0 aliphatic carbocycles. The van der Waals surface area contributed by atoms with Gasteiger partial charge in [0.05, 0.1) is 20.1 Å². The largest absolute Gasteiger partial charge is 0.497 e. The maximum Gasteiger partial charge on any atom is 0.254 e. The van der Waals surface area contributed by atoms with Crippen LogP contribution in [-0.4, -0.2) is 87.6 Å². The Hall–Kier alpha value is -3.59. The van der Waals surface area contributed by atoms with Crippen molar-refractivity contribution in [3.63, 3.8) is 0 Å². The van der Waals surface area contributed by atoms with E-state index in [9.17, 15) is 14.4 Å². The van der Waals surface area contributed by atoms with Crippen molar-refractivity contribution in [2.24, 2.45) is 5.92 Å². The van der Waals surface area contributed by atoms with Crippen molar-refractivity contribution >= 4 is 23.4 Å². The fourth-order valence-electron chi connectivity index (χ4n) is 4.51. The summed E-state index contributed by atoms with van der Waals surface area (Å²) in [5.41, 5.74) is 1.37. The molecule has 186 valence electrons. The van der Waals surface area contributed by atoms with Gasteiger partial charge in [-0.05, 0) is 24.3 Å². The van der Waals surface area contributed by atoms with E-state index in [-0.39, 0.29) is 30.1 Å². The fourth-order valence-corrected chi connectivity index (χ4v) is 4.51. The Kier molecular flexibility index (Phi) is 7.87. The second-order valence-corrected chi connectivity index (χ2v) is 8.77. The van der Waals surface area contributed by atoms with Crippen LogP contribution in [0.4, 0.5) is 5.69 Å². The minimum absolute atomic E-state index is 0.0224. The number of rotatable bonds is 8. The minimum Gasteiger partial charge on any atom is -0.497 e. The first-order valence-electron chi connectivity index (χ1n) is 11.9. The van der Waals surface area contributed by atoms with Crippen molar-refractivity contribution in [1.29, 1.82) is 0 Å². The molecular formula is C26H32N4O5. The maximum absolute atomic E-state index is 13.0. The standard InChI is InChI=1S/C26H32N4O5/c1-34-22-14-19(15-23(17-22)35-2)26(33)29-12-10-28(11-13-29)9-8-27-25(32)20-16-24(31)30(18-20)21-6-4-3-5-7-21/h3-7,14-15,17,20H,8-13,16,18H2,1-2H3,(H,27,32).